The van der Waals surface area contributed by atoms with Gasteiger partial charge < -0.3 is 5.32 Å². The molecule has 0 saturated heterocycles. The molecule has 0 aliphatic heterocycles. The van der Waals surface area contributed by atoms with E-state index in [0.717, 1.165) is 6.54 Å². The van der Waals surface area contributed by atoms with Gasteiger partial charge in [0.05, 0.1) is 0 Å². The maximum absolute atomic E-state index is 3.79. The van der Waals surface area contributed by atoms with E-state index in [0.29, 0.717) is 6.04 Å². The Morgan fingerprint density at radius 3 is 2.90 bits per heavy atom. The van der Waals surface area contributed by atoms with Crippen LogP contribution in [0.2, 0.25) is 0 Å². The van der Waals surface area contributed by atoms with Crippen molar-refractivity contribution in [3.8, 4) is 0 Å². The Morgan fingerprint density at radius 2 is 1.95 bits per heavy atom. The molecule has 1 aromatic heterocycles. The molecular weight excluding hydrogens is 262 g/mol. The van der Waals surface area contributed by atoms with Crippen molar-refractivity contribution < 1.29 is 0 Å². The first-order valence-electron chi connectivity index (χ1n) is 7.82. The lowest BCUT2D eigenvalue weighted by molar-refractivity contribution is 0.461. The minimum absolute atomic E-state index is 0.553. The van der Waals surface area contributed by atoms with Gasteiger partial charge in [-0.3, -0.25) is 0 Å². The van der Waals surface area contributed by atoms with Crippen LogP contribution >= 0.6 is 11.3 Å². The van der Waals surface area contributed by atoms with E-state index in [9.17, 15) is 0 Å². The molecule has 1 atom stereocenters. The first-order chi connectivity index (χ1) is 9.90. The van der Waals surface area contributed by atoms with Gasteiger partial charge in [0.1, 0.15) is 0 Å². The molecule has 1 N–H and O–H groups in total. The summed E-state index contributed by atoms with van der Waals surface area (Å²) in [6.07, 6.45) is 7.83. The number of rotatable bonds is 3. The fourth-order valence-corrected chi connectivity index (χ4v) is 4.88. The zero-order valence-electron chi connectivity index (χ0n) is 11.8. The van der Waals surface area contributed by atoms with Crippen LogP contribution in [0.15, 0.2) is 30.3 Å². The molecule has 104 valence electrons. The highest BCUT2D eigenvalue weighted by atomic mass is 32.1. The second kappa shape index (κ2) is 5.34. The third-order valence-corrected chi connectivity index (χ3v) is 5.93. The Kier molecular flexibility index (Phi) is 3.37. The average molecular weight is 283 g/mol. The predicted molar refractivity (Wildman–Crippen MR) is 85.3 cm³/mol. The maximum atomic E-state index is 3.79. The van der Waals surface area contributed by atoms with Crippen LogP contribution in [0.1, 0.15) is 51.7 Å². The van der Waals surface area contributed by atoms with Crippen LogP contribution in [0.4, 0.5) is 0 Å². The quantitative estimate of drug-likeness (QED) is 0.880. The number of aryl methyl sites for hydroxylation is 3. The lowest BCUT2D eigenvalue weighted by atomic mass is 9.88. The average Bonchev–Trinajstić information content (AvgIpc) is 3.06. The summed E-state index contributed by atoms with van der Waals surface area (Å²) in [5, 5.41) is 3.79. The van der Waals surface area contributed by atoms with E-state index < -0.39 is 0 Å². The van der Waals surface area contributed by atoms with Crippen molar-refractivity contribution in [2.24, 2.45) is 0 Å². The summed E-state index contributed by atoms with van der Waals surface area (Å²) >= 11 is 2.03. The van der Waals surface area contributed by atoms with Crippen LogP contribution in [0.25, 0.3) is 0 Å². The lowest BCUT2D eigenvalue weighted by Gasteiger charge is -2.26. The Bertz CT molecular complexity index is 592. The molecule has 2 heteroatoms. The molecule has 1 heterocycles. The number of thiophene rings is 1. The summed E-state index contributed by atoms with van der Waals surface area (Å²) in [5.41, 5.74) is 4.70. The predicted octanol–water partition coefficient (Wildman–Crippen LogP) is 4.40. The third-order valence-electron chi connectivity index (χ3n) is 4.69. The molecule has 1 unspecified atom stereocenters. The number of hydrogen-bond donors (Lipinski definition) is 1. The van der Waals surface area contributed by atoms with Crippen LogP contribution in [0, 0.1) is 0 Å². The molecule has 20 heavy (non-hydrogen) atoms. The van der Waals surface area contributed by atoms with Gasteiger partial charge >= 0.3 is 0 Å². The molecule has 0 radical (unpaired) electrons. The SMILES string of the molecule is c1ccc2c(c1)CCCC2NCc1cc2c(s1)CCC2. The van der Waals surface area contributed by atoms with Crippen molar-refractivity contribution in [1.29, 1.82) is 0 Å². The summed E-state index contributed by atoms with van der Waals surface area (Å²) < 4.78 is 0. The van der Waals surface area contributed by atoms with Crippen molar-refractivity contribution >= 4 is 11.3 Å². The highest BCUT2D eigenvalue weighted by Crippen LogP contribution is 2.32. The second-order valence-corrected chi connectivity index (χ2v) is 7.26. The first kappa shape index (κ1) is 12.6. The van der Waals surface area contributed by atoms with Gasteiger partial charge in [0.15, 0.2) is 0 Å². The number of fused-ring (bicyclic) bond motifs is 2. The molecule has 0 fully saturated rings. The largest absolute Gasteiger partial charge is 0.305 e. The van der Waals surface area contributed by atoms with Gasteiger partial charge in [0.25, 0.3) is 0 Å². The van der Waals surface area contributed by atoms with Gasteiger partial charge in [-0.25, -0.2) is 0 Å². The van der Waals surface area contributed by atoms with Crippen molar-refractivity contribution in [2.45, 2.75) is 51.1 Å². The van der Waals surface area contributed by atoms with E-state index >= 15 is 0 Å². The zero-order chi connectivity index (χ0) is 13.4. The molecule has 4 rings (SSSR count). The number of hydrogen-bond acceptors (Lipinski definition) is 2. The van der Waals surface area contributed by atoms with Gasteiger partial charge in [-0.2, -0.15) is 0 Å². The van der Waals surface area contributed by atoms with Crippen LogP contribution in [0.3, 0.4) is 0 Å². The molecule has 2 aromatic rings. The van der Waals surface area contributed by atoms with Crippen molar-refractivity contribution in [1.82, 2.24) is 5.32 Å². The zero-order valence-corrected chi connectivity index (χ0v) is 12.6. The summed E-state index contributed by atoms with van der Waals surface area (Å²) in [4.78, 5) is 3.17. The van der Waals surface area contributed by atoms with Crippen LogP contribution in [0.5, 0.6) is 0 Å². The molecule has 0 bridgehead atoms. The van der Waals surface area contributed by atoms with Crippen LogP contribution < -0.4 is 5.32 Å². The van der Waals surface area contributed by atoms with E-state index in [-0.39, 0.29) is 0 Å². The van der Waals surface area contributed by atoms with Crippen molar-refractivity contribution in [2.75, 3.05) is 0 Å². The number of benzene rings is 1. The Morgan fingerprint density at radius 1 is 1.05 bits per heavy atom. The van der Waals surface area contributed by atoms with Crippen molar-refractivity contribution in [3.63, 3.8) is 0 Å². The van der Waals surface area contributed by atoms with Gasteiger partial charge in [-0.15, -0.1) is 11.3 Å². The minimum Gasteiger partial charge on any atom is -0.305 e. The maximum Gasteiger partial charge on any atom is 0.0326 e. The highest BCUT2D eigenvalue weighted by molar-refractivity contribution is 7.12. The fourth-order valence-electron chi connectivity index (χ4n) is 3.67. The second-order valence-electron chi connectivity index (χ2n) is 6.04. The Labute approximate surface area is 125 Å². The molecule has 2 aliphatic rings. The molecule has 1 nitrogen and oxygen atoms in total. The van der Waals surface area contributed by atoms with Gasteiger partial charge in [0, 0.05) is 22.3 Å². The van der Waals surface area contributed by atoms with E-state index in [2.05, 4.69) is 35.6 Å². The monoisotopic (exact) mass is 283 g/mol. The summed E-state index contributed by atoms with van der Waals surface area (Å²) in [6, 6.07) is 11.9. The third kappa shape index (κ3) is 2.32. The van der Waals surface area contributed by atoms with Crippen LogP contribution in [-0.4, -0.2) is 0 Å². The molecule has 0 saturated carbocycles. The smallest absolute Gasteiger partial charge is 0.0326 e. The van der Waals surface area contributed by atoms with Gasteiger partial charge in [0.2, 0.25) is 0 Å². The molecular formula is C18H21NS. The van der Waals surface area contributed by atoms with Crippen LogP contribution in [-0.2, 0) is 25.8 Å². The van der Waals surface area contributed by atoms with E-state index in [4.69, 9.17) is 0 Å². The van der Waals surface area contributed by atoms with E-state index in [1.54, 1.807) is 16.0 Å². The van der Waals surface area contributed by atoms with E-state index in [1.165, 1.54) is 49.0 Å². The molecule has 2 aliphatic carbocycles. The lowest BCUT2D eigenvalue weighted by Crippen LogP contribution is -2.24. The minimum atomic E-state index is 0.553. The normalized spacial score (nSPS) is 20.7. The molecule has 0 spiro atoms. The fraction of sp³-hybridized carbons (Fsp3) is 0.444. The Hall–Kier alpha value is -1.12. The highest BCUT2D eigenvalue weighted by Gasteiger charge is 2.20. The topological polar surface area (TPSA) is 12.0 Å². The van der Waals surface area contributed by atoms with Gasteiger partial charge in [-0.05, 0) is 61.3 Å². The molecule has 1 aromatic carbocycles. The van der Waals surface area contributed by atoms with Gasteiger partial charge in [-0.1, -0.05) is 24.3 Å². The van der Waals surface area contributed by atoms with Crippen molar-refractivity contribution in [3.05, 3.63) is 56.8 Å². The Balaban J connectivity index is 1.47. The molecule has 0 amide bonds. The number of nitrogens with one attached hydrogen (secondary N) is 1. The summed E-state index contributed by atoms with van der Waals surface area (Å²) in [6.45, 7) is 1.04. The standard InChI is InChI=1S/C18H21NS/c1-2-8-16-13(5-1)6-3-9-17(16)19-12-15-11-14-7-4-10-18(14)20-15/h1-2,5,8,11,17,19H,3-4,6-7,9-10,12H2. The summed E-state index contributed by atoms with van der Waals surface area (Å²) in [7, 11) is 0. The summed E-state index contributed by atoms with van der Waals surface area (Å²) in [5.74, 6) is 0. The van der Waals surface area contributed by atoms with E-state index in [1.807, 2.05) is 11.3 Å². The first-order valence-corrected chi connectivity index (χ1v) is 8.63.